The molecule has 0 unspecified atom stereocenters. The topological polar surface area (TPSA) is 87.1 Å². The van der Waals surface area contributed by atoms with Gasteiger partial charge in [-0.25, -0.2) is 14.0 Å². The van der Waals surface area contributed by atoms with Gasteiger partial charge < -0.3 is 19.8 Å². The number of benzene rings is 2. The number of carboxylic acids is 2. The Hall–Kier alpha value is -3.19. The average molecular weight is 401 g/mol. The fraction of sp³-hybridized carbons (Fsp3) is 0.273. The van der Waals surface area contributed by atoms with Gasteiger partial charge in [0.2, 0.25) is 0 Å². The Morgan fingerprint density at radius 2 is 1.62 bits per heavy atom. The molecule has 0 saturated carbocycles. The van der Waals surface area contributed by atoms with Crippen molar-refractivity contribution in [1.82, 2.24) is 4.90 Å². The van der Waals surface area contributed by atoms with Gasteiger partial charge in [-0.1, -0.05) is 30.3 Å². The lowest BCUT2D eigenvalue weighted by atomic mass is 9.88. The van der Waals surface area contributed by atoms with E-state index in [4.69, 9.17) is 14.9 Å². The van der Waals surface area contributed by atoms with E-state index in [0.29, 0.717) is 18.1 Å². The van der Waals surface area contributed by atoms with Crippen molar-refractivity contribution >= 4 is 11.9 Å². The van der Waals surface area contributed by atoms with Crippen LogP contribution in [-0.2, 0) is 9.59 Å². The van der Waals surface area contributed by atoms with E-state index in [0.717, 1.165) is 25.3 Å². The monoisotopic (exact) mass is 401 g/mol. The summed E-state index contributed by atoms with van der Waals surface area (Å²) in [6, 6.07) is 16.8. The Balaban J connectivity index is 0.000000321. The quantitative estimate of drug-likeness (QED) is 0.747. The summed E-state index contributed by atoms with van der Waals surface area (Å²) in [6.07, 6.45) is 2.23. The molecule has 29 heavy (non-hydrogen) atoms. The lowest BCUT2D eigenvalue weighted by Gasteiger charge is -2.37. The van der Waals surface area contributed by atoms with Gasteiger partial charge in [-0.3, -0.25) is 0 Å². The van der Waals surface area contributed by atoms with Crippen LogP contribution < -0.4 is 4.74 Å². The van der Waals surface area contributed by atoms with E-state index in [1.165, 1.54) is 17.7 Å². The van der Waals surface area contributed by atoms with Crippen molar-refractivity contribution in [2.24, 2.45) is 0 Å². The predicted octanol–water partition coefficient (Wildman–Crippen LogP) is 3.40. The molecule has 7 heteroatoms. The fourth-order valence-corrected chi connectivity index (χ4v) is 3.09. The number of carboxylic acid groups (broad SMARTS) is 2. The van der Waals surface area contributed by atoms with Crippen molar-refractivity contribution in [3.05, 3.63) is 78.1 Å². The molecule has 1 heterocycles. The number of hydrogen-bond acceptors (Lipinski definition) is 4. The standard InChI is InChI=1S/C18H20FNO.C4H4O4/c1-20-12-11-18(21-16-9-7-15(19)8-10-16)17(13-20)14-5-3-2-4-6-14;5-3(6)1-2-4(7)8/h2-10,17-18H,11-13H2,1H3;1-2H,(H,5,6)(H,7,8)/b;2-1+/t17-,18-;/m1./s1. The van der Waals surface area contributed by atoms with Crippen LogP contribution in [-0.4, -0.2) is 53.3 Å². The van der Waals surface area contributed by atoms with Crippen molar-refractivity contribution in [2.45, 2.75) is 18.4 Å². The molecule has 2 atom stereocenters. The van der Waals surface area contributed by atoms with E-state index in [1.54, 1.807) is 12.1 Å². The summed E-state index contributed by atoms with van der Waals surface area (Å²) in [5.41, 5.74) is 1.30. The summed E-state index contributed by atoms with van der Waals surface area (Å²) in [4.78, 5) is 21.4. The van der Waals surface area contributed by atoms with E-state index in [1.807, 2.05) is 6.07 Å². The first-order valence-electron chi connectivity index (χ1n) is 9.15. The first kappa shape index (κ1) is 22.1. The molecule has 2 N–H and O–H groups in total. The van der Waals surface area contributed by atoms with E-state index >= 15 is 0 Å². The summed E-state index contributed by atoms with van der Waals surface area (Å²) < 4.78 is 19.1. The molecule has 0 spiro atoms. The second kappa shape index (κ2) is 11.0. The van der Waals surface area contributed by atoms with Gasteiger partial charge in [0.1, 0.15) is 17.7 Å². The van der Waals surface area contributed by atoms with Crippen LogP contribution in [0.25, 0.3) is 0 Å². The lowest BCUT2D eigenvalue weighted by molar-refractivity contribution is -0.134. The second-order valence-electron chi connectivity index (χ2n) is 6.69. The van der Waals surface area contributed by atoms with Crippen LogP contribution in [0.15, 0.2) is 66.7 Å². The molecular weight excluding hydrogens is 377 g/mol. The van der Waals surface area contributed by atoms with E-state index in [9.17, 15) is 14.0 Å². The number of aliphatic carboxylic acids is 2. The molecule has 1 aliphatic heterocycles. The van der Waals surface area contributed by atoms with Crippen LogP contribution in [0.1, 0.15) is 17.9 Å². The number of piperidine rings is 1. The van der Waals surface area contributed by atoms with Gasteiger partial charge in [-0.05, 0) is 43.3 Å². The molecule has 0 aliphatic carbocycles. The number of nitrogens with zero attached hydrogens (tertiary/aromatic N) is 1. The molecule has 6 nitrogen and oxygen atoms in total. The Bertz CT molecular complexity index is 807. The third kappa shape index (κ3) is 7.75. The van der Waals surface area contributed by atoms with Crippen LogP contribution in [0.4, 0.5) is 4.39 Å². The van der Waals surface area contributed by atoms with Crippen molar-refractivity contribution in [3.63, 3.8) is 0 Å². The highest BCUT2D eigenvalue weighted by Crippen LogP contribution is 2.30. The highest BCUT2D eigenvalue weighted by Gasteiger charge is 2.30. The minimum atomic E-state index is -1.26. The van der Waals surface area contributed by atoms with Crippen LogP contribution in [0.3, 0.4) is 0 Å². The second-order valence-corrected chi connectivity index (χ2v) is 6.69. The molecule has 2 aromatic rings. The van der Waals surface area contributed by atoms with Crippen molar-refractivity contribution in [3.8, 4) is 5.75 Å². The van der Waals surface area contributed by atoms with Gasteiger partial charge in [-0.2, -0.15) is 0 Å². The molecular formula is C22H24FNO5. The van der Waals surface area contributed by atoms with Crippen molar-refractivity contribution in [2.75, 3.05) is 20.1 Å². The van der Waals surface area contributed by atoms with Gasteiger partial charge in [-0.15, -0.1) is 0 Å². The zero-order chi connectivity index (χ0) is 21.2. The Morgan fingerprint density at radius 1 is 1.03 bits per heavy atom. The number of halogens is 1. The summed E-state index contributed by atoms with van der Waals surface area (Å²) in [5.74, 6) is -1.66. The number of likely N-dealkylation sites (N-methyl/N-ethyl adjacent to an activating group) is 1. The van der Waals surface area contributed by atoms with Gasteiger partial charge in [0, 0.05) is 31.2 Å². The van der Waals surface area contributed by atoms with Crippen molar-refractivity contribution < 1.29 is 28.9 Å². The summed E-state index contributed by atoms with van der Waals surface area (Å²) in [6.45, 7) is 2.01. The number of rotatable bonds is 5. The maximum Gasteiger partial charge on any atom is 0.328 e. The molecule has 1 fully saturated rings. The number of hydrogen-bond donors (Lipinski definition) is 2. The maximum atomic E-state index is 13.0. The summed E-state index contributed by atoms with van der Waals surface area (Å²) in [5, 5.41) is 15.6. The van der Waals surface area contributed by atoms with Gasteiger partial charge in [0.25, 0.3) is 0 Å². The van der Waals surface area contributed by atoms with Gasteiger partial charge in [0.05, 0.1) is 0 Å². The summed E-state index contributed by atoms with van der Waals surface area (Å²) >= 11 is 0. The molecule has 154 valence electrons. The molecule has 1 saturated heterocycles. The molecule has 0 aromatic heterocycles. The van der Waals surface area contributed by atoms with Gasteiger partial charge in [0.15, 0.2) is 0 Å². The lowest BCUT2D eigenvalue weighted by Crippen LogP contribution is -2.42. The third-order valence-corrected chi connectivity index (χ3v) is 4.45. The number of carbonyl (C=O) groups is 2. The first-order chi connectivity index (χ1) is 13.8. The minimum Gasteiger partial charge on any atom is -0.490 e. The van der Waals surface area contributed by atoms with Crippen LogP contribution in [0, 0.1) is 5.82 Å². The number of likely N-dealkylation sites (tertiary alicyclic amines) is 1. The van der Waals surface area contributed by atoms with Crippen molar-refractivity contribution in [1.29, 1.82) is 0 Å². The number of ether oxygens (including phenoxy) is 1. The SMILES string of the molecule is CN1CC[C@@H](Oc2ccc(F)cc2)[C@@H](c2ccccc2)C1.O=C(O)/C=C/C(=O)O. The molecule has 0 radical (unpaired) electrons. The molecule has 1 aliphatic rings. The predicted molar refractivity (Wildman–Crippen MR) is 107 cm³/mol. The normalized spacial score (nSPS) is 19.2. The zero-order valence-electron chi connectivity index (χ0n) is 16.1. The van der Waals surface area contributed by atoms with Crippen LogP contribution in [0.2, 0.25) is 0 Å². The molecule has 2 aromatic carbocycles. The Morgan fingerprint density at radius 3 is 2.17 bits per heavy atom. The van der Waals surface area contributed by atoms with E-state index in [-0.39, 0.29) is 11.9 Å². The summed E-state index contributed by atoms with van der Waals surface area (Å²) in [7, 11) is 2.14. The van der Waals surface area contributed by atoms with Crippen LogP contribution in [0.5, 0.6) is 5.75 Å². The fourth-order valence-electron chi connectivity index (χ4n) is 3.09. The zero-order valence-corrected chi connectivity index (χ0v) is 16.1. The molecule has 3 rings (SSSR count). The highest BCUT2D eigenvalue weighted by molar-refractivity contribution is 5.89. The average Bonchev–Trinajstić information content (AvgIpc) is 2.70. The minimum absolute atomic E-state index is 0.133. The maximum absolute atomic E-state index is 13.0. The largest absolute Gasteiger partial charge is 0.490 e. The third-order valence-electron chi connectivity index (χ3n) is 4.45. The highest BCUT2D eigenvalue weighted by atomic mass is 19.1. The van der Waals surface area contributed by atoms with Gasteiger partial charge >= 0.3 is 11.9 Å². The van der Waals surface area contributed by atoms with E-state index < -0.39 is 11.9 Å². The Labute approximate surface area is 168 Å². The van der Waals surface area contributed by atoms with Crippen LogP contribution >= 0.6 is 0 Å². The first-order valence-corrected chi connectivity index (χ1v) is 9.15. The van der Waals surface area contributed by atoms with E-state index in [2.05, 4.69) is 36.2 Å². The molecule has 0 bridgehead atoms. The Kier molecular flexibility index (Phi) is 8.36. The smallest absolute Gasteiger partial charge is 0.328 e. The molecule has 0 amide bonds.